The van der Waals surface area contributed by atoms with E-state index in [9.17, 15) is 0 Å². The van der Waals surface area contributed by atoms with Gasteiger partial charge in [0.2, 0.25) is 0 Å². The minimum atomic E-state index is 0.267. The van der Waals surface area contributed by atoms with E-state index in [1.807, 2.05) is 35.6 Å². The van der Waals surface area contributed by atoms with E-state index in [1.165, 1.54) is 5.56 Å². The van der Waals surface area contributed by atoms with E-state index < -0.39 is 0 Å². The molecule has 0 saturated heterocycles. The summed E-state index contributed by atoms with van der Waals surface area (Å²) in [5.41, 5.74) is 8.13. The third-order valence-electron chi connectivity index (χ3n) is 2.35. The lowest BCUT2D eigenvalue weighted by Gasteiger charge is -2.06. The summed E-state index contributed by atoms with van der Waals surface area (Å²) in [6.07, 6.45) is 3.73. The van der Waals surface area contributed by atoms with Gasteiger partial charge < -0.3 is 5.73 Å². The molecule has 2 rings (SSSR count). The molecule has 0 aliphatic carbocycles. The van der Waals surface area contributed by atoms with Gasteiger partial charge in [-0.05, 0) is 30.7 Å². The minimum absolute atomic E-state index is 0.267. The fraction of sp³-hybridized carbons (Fsp3) is 0.308. The van der Waals surface area contributed by atoms with Crippen LogP contribution >= 0.6 is 11.8 Å². The molecule has 0 fully saturated rings. The van der Waals surface area contributed by atoms with Crippen molar-refractivity contribution in [2.45, 2.75) is 18.7 Å². The van der Waals surface area contributed by atoms with E-state index in [4.69, 9.17) is 5.73 Å². The first kappa shape index (κ1) is 12.2. The molecule has 17 heavy (non-hydrogen) atoms. The molecule has 4 heteroatoms. The second kappa shape index (κ2) is 5.89. The zero-order chi connectivity index (χ0) is 12.1. The molecule has 0 spiro atoms. The van der Waals surface area contributed by atoms with Crippen molar-refractivity contribution < 1.29 is 0 Å². The monoisotopic (exact) mass is 247 g/mol. The third kappa shape index (κ3) is 3.61. The molecule has 0 radical (unpaired) electrons. The van der Waals surface area contributed by atoms with Crippen molar-refractivity contribution in [3.05, 3.63) is 48.3 Å². The lowest BCUT2D eigenvalue weighted by Crippen LogP contribution is -2.17. The molecule has 1 unspecified atom stereocenters. The van der Waals surface area contributed by atoms with Crippen LogP contribution in [-0.2, 0) is 5.75 Å². The van der Waals surface area contributed by atoms with Gasteiger partial charge in [0.05, 0.1) is 5.69 Å². The second-order valence-corrected chi connectivity index (χ2v) is 5.14. The number of nitrogens with zero attached hydrogens (tertiary/aromatic N) is 2. The van der Waals surface area contributed by atoms with Crippen LogP contribution in [0.15, 0.2) is 42.7 Å². The lowest BCUT2D eigenvalue weighted by molar-refractivity contribution is 0.847. The molecule has 90 valence electrons. The lowest BCUT2D eigenvalue weighted by atomic mass is 10.2. The molecule has 0 saturated carbocycles. The van der Waals surface area contributed by atoms with Crippen molar-refractivity contribution in [3.63, 3.8) is 0 Å². The van der Waals surface area contributed by atoms with Gasteiger partial charge >= 0.3 is 0 Å². The Morgan fingerprint density at radius 1 is 1.35 bits per heavy atom. The number of aromatic nitrogens is 2. The maximum Gasteiger partial charge on any atom is 0.0645 e. The normalized spacial score (nSPS) is 12.6. The molecule has 1 aromatic carbocycles. The van der Waals surface area contributed by atoms with E-state index in [0.29, 0.717) is 0 Å². The number of rotatable bonds is 5. The van der Waals surface area contributed by atoms with Gasteiger partial charge in [-0.1, -0.05) is 12.1 Å². The van der Waals surface area contributed by atoms with Crippen LogP contribution in [0, 0.1) is 0 Å². The summed E-state index contributed by atoms with van der Waals surface area (Å²) >= 11 is 1.87. The van der Waals surface area contributed by atoms with Crippen LogP contribution in [0.2, 0.25) is 0 Å². The number of nitrogens with two attached hydrogens (primary N) is 1. The average Bonchev–Trinajstić information content (AvgIpc) is 2.83. The van der Waals surface area contributed by atoms with E-state index in [2.05, 4.69) is 29.4 Å². The van der Waals surface area contributed by atoms with Gasteiger partial charge in [0.25, 0.3) is 0 Å². The summed E-state index contributed by atoms with van der Waals surface area (Å²) in [5, 5.41) is 4.20. The summed E-state index contributed by atoms with van der Waals surface area (Å²) in [6.45, 7) is 2.04. The van der Waals surface area contributed by atoms with Crippen LogP contribution in [0.1, 0.15) is 12.5 Å². The van der Waals surface area contributed by atoms with Crippen LogP contribution < -0.4 is 5.73 Å². The predicted octanol–water partition coefficient (Wildman–Crippen LogP) is 2.45. The quantitative estimate of drug-likeness (QED) is 0.882. The Labute approximate surface area is 106 Å². The molecule has 1 atom stereocenters. The molecule has 1 heterocycles. The molecular formula is C13H17N3S. The number of hydrogen-bond donors (Lipinski definition) is 1. The van der Waals surface area contributed by atoms with Gasteiger partial charge in [-0.15, -0.1) is 0 Å². The average molecular weight is 247 g/mol. The SMILES string of the molecule is CC(N)CSCc1ccc(-n2cccn2)cc1. The Bertz CT molecular complexity index is 434. The van der Waals surface area contributed by atoms with E-state index in [-0.39, 0.29) is 6.04 Å². The van der Waals surface area contributed by atoms with E-state index in [0.717, 1.165) is 17.2 Å². The van der Waals surface area contributed by atoms with Crippen LogP contribution in [0.4, 0.5) is 0 Å². The van der Waals surface area contributed by atoms with Gasteiger partial charge in [-0.25, -0.2) is 4.68 Å². The van der Waals surface area contributed by atoms with Crippen molar-refractivity contribution in [2.75, 3.05) is 5.75 Å². The summed E-state index contributed by atoms with van der Waals surface area (Å²) in [5.74, 6) is 2.02. The smallest absolute Gasteiger partial charge is 0.0645 e. The van der Waals surface area contributed by atoms with Gasteiger partial charge in [0, 0.05) is 29.9 Å². The zero-order valence-corrected chi connectivity index (χ0v) is 10.7. The Balaban J connectivity index is 1.94. The largest absolute Gasteiger partial charge is 0.327 e. The van der Waals surface area contributed by atoms with Gasteiger partial charge in [-0.2, -0.15) is 16.9 Å². The highest BCUT2D eigenvalue weighted by Crippen LogP contribution is 2.15. The Hall–Kier alpha value is -1.26. The maximum atomic E-state index is 5.71. The molecule has 0 aliphatic rings. The molecule has 1 aromatic heterocycles. The summed E-state index contributed by atoms with van der Waals surface area (Å²) in [7, 11) is 0. The molecular weight excluding hydrogens is 230 g/mol. The maximum absolute atomic E-state index is 5.71. The standard InChI is InChI=1S/C13H17N3S/c1-11(14)9-17-10-12-3-5-13(6-4-12)16-8-2-7-15-16/h2-8,11H,9-10,14H2,1H3. The molecule has 0 aliphatic heterocycles. The second-order valence-electron chi connectivity index (χ2n) is 4.11. The molecule has 3 nitrogen and oxygen atoms in total. The fourth-order valence-electron chi connectivity index (χ4n) is 1.53. The Kier molecular flexibility index (Phi) is 4.23. The van der Waals surface area contributed by atoms with Crippen molar-refractivity contribution in [3.8, 4) is 5.69 Å². The highest BCUT2D eigenvalue weighted by Gasteiger charge is 1.99. The zero-order valence-electron chi connectivity index (χ0n) is 9.91. The third-order valence-corrected chi connectivity index (χ3v) is 3.65. The minimum Gasteiger partial charge on any atom is -0.327 e. The van der Waals surface area contributed by atoms with Crippen molar-refractivity contribution in [2.24, 2.45) is 5.73 Å². The first-order valence-corrected chi connectivity index (χ1v) is 6.83. The van der Waals surface area contributed by atoms with Crippen molar-refractivity contribution in [1.82, 2.24) is 9.78 Å². The molecule has 0 amide bonds. The van der Waals surface area contributed by atoms with Crippen LogP contribution in [-0.4, -0.2) is 21.6 Å². The fourth-order valence-corrected chi connectivity index (χ4v) is 2.45. The first-order valence-electron chi connectivity index (χ1n) is 5.68. The van der Waals surface area contributed by atoms with Gasteiger partial charge in [-0.3, -0.25) is 0 Å². The van der Waals surface area contributed by atoms with Crippen LogP contribution in [0.25, 0.3) is 5.69 Å². The van der Waals surface area contributed by atoms with Crippen molar-refractivity contribution >= 4 is 11.8 Å². The van der Waals surface area contributed by atoms with Crippen LogP contribution in [0.5, 0.6) is 0 Å². The Morgan fingerprint density at radius 2 is 2.12 bits per heavy atom. The van der Waals surface area contributed by atoms with Gasteiger partial charge in [0.1, 0.15) is 0 Å². The predicted molar refractivity (Wildman–Crippen MR) is 73.4 cm³/mol. The summed E-state index contributed by atoms with van der Waals surface area (Å²) in [4.78, 5) is 0. The number of thioether (sulfide) groups is 1. The Morgan fingerprint density at radius 3 is 2.71 bits per heavy atom. The molecule has 0 bridgehead atoms. The first-order chi connectivity index (χ1) is 8.25. The summed E-state index contributed by atoms with van der Waals surface area (Å²) < 4.78 is 1.86. The highest BCUT2D eigenvalue weighted by molar-refractivity contribution is 7.98. The molecule has 2 aromatic rings. The topological polar surface area (TPSA) is 43.8 Å². The number of benzene rings is 1. The molecule has 2 N–H and O–H groups in total. The van der Waals surface area contributed by atoms with E-state index >= 15 is 0 Å². The summed E-state index contributed by atoms with van der Waals surface area (Å²) in [6, 6.07) is 10.7. The van der Waals surface area contributed by atoms with Crippen LogP contribution in [0.3, 0.4) is 0 Å². The van der Waals surface area contributed by atoms with Gasteiger partial charge in [0.15, 0.2) is 0 Å². The number of hydrogen-bond acceptors (Lipinski definition) is 3. The van der Waals surface area contributed by atoms with Crippen molar-refractivity contribution in [1.29, 1.82) is 0 Å². The highest BCUT2D eigenvalue weighted by atomic mass is 32.2. The van der Waals surface area contributed by atoms with E-state index in [1.54, 1.807) is 6.20 Å².